The molecule has 1 aromatic carbocycles. The minimum atomic E-state index is -0.255. The Morgan fingerprint density at radius 1 is 1.43 bits per heavy atom. The topological polar surface area (TPSA) is 35.5 Å². The van der Waals surface area contributed by atoms with Gasteiger partial charge < -0.3 is 9.47 Å². The van der Waals surface area contributed by atoms with Gasteiger partial charge in [-0.05, 0) is 54.9 Å². The van der Waals surface area contributed by atoms with E-state index in [1.807, 2.05) is 12.1 Å². The van der Waals surface area contributed by atoms with E-state index in [1.54, 1.807) is 0 Å². The van der Waals surface area contributed by atoms with Crippen LogP contribution in [0.1, 0.15) is 61.5 Å². The number of hydrogen-bond donors (Lipinski definition) is 0. The normalized spacial score (nSPS) is 18.8. The van der Waals surface area contributed by atoms with Gasteiger partial charge in [-0.2, -0.15) is 0 Å². The number of carbonyl (C=O) groups is 1. The number of esters is 1. The van der Waals surface area contributed by atoms with Gasteiger partial charge in [-0.15, -0.1) is 0 Å². The summed E-state index contributed by atoms with van der Waals surface area (Å²) in [6.07, 6.45) is 3.18. The maximum atomic E-state index is 12.1. The lowest BCUT2D eigenvalue weighted by Crippen LogP contribution is -2.19. The van der Waals surface area contributed by atoms with Crippen LogP contribution in [0, 0.1) is 6.92 Å². The van der Waals surface area contributed by atoms with E-state index in [4.69, 9.17) is 9.47 Å². The van der Waals surface area contributed by atoms with Crippen LogP contribution < -0.4 is 0 Å². The average Bonchev–Trinajstić information content (AvgIpc) is 2.97. The summed E-state index contributed by atoms with van der Waals surface area (Å²) >= 11 is 0. The molecule has 1 atom stereocenters. The minimum Gasteiger partial charge on any atom is -0.459 e. The molecule has 3 nitrogen and oxygen atoms in total. The van der Waals surface area contributed by atoms with E-state index < -0.39 is 0 Å². The van der Waals surface area contributed by atoms with E-state index in [0.717, 1.165) is 31.4 Å². The van der Waals surface area contributed by atoms with Crippen LogP contribution >= 0.6 is 0 Å². The van der Waals surface area contributed by atoms with Gasteiger partial charge in [-0.25, -0.2) is 4.79 Å². The van der Waals surface area contributed by atoms with Crippen LogP contribution in [0.15, 0.2) is 18.2 Å². The first-order valence-corrected chi connectivity index (χ1v) is 7.84. The van der Waals surface area contributed by atoms with Crippen molar-refractivity contribution in [1.82, 2.24) is 0 Å². The Bertz CT molecular complexity index is 499. The first kappa shape index (κ1) is 16.0. The molecule has 0 spiro atoms. The lowest BCUT2D eigenvalue weighted by atomic mass is 9.79. The third-order valence-corrected chi connectivity index (χ3v) is 4.50. The van der Waals surface area contributed by atoms with Crippen LogP contribution in [-0.4, -0.2) is 25.3 Å². The van der Waals surface area contributed by atoms with Crippen molar-refractivity contribution >= 4 is 5.97 Å². The van der Waals surface area contributed by atoms with Gasteiger partial charge >= 0.3 is 5.97 Å². The molecular formula is C18H26O3. The molecule has 116 valence electrons. The summed E-state index contributed by atoms with van der Waals surface area (Å²) in [7, 11) is 0. The maximum Gasteiger partial charge on any atom is 0.338 e. The second-order valence-corrected chi connectivity index (χ2v) is 6.50. The lowest BCUT2D eigenvalue weighted by Gasteiger charge is -2.25. The van der Waals surface area contributed by atoms with Gasteiger partial charge in [0, 0.05) is 6.61 Å². The Hall–Kier alpha value is -1.35. The zero-order chi connectivity index (χ0) is 15.5. The molecule has 0 bridgehead atoms. The highest BCUT2D eigenvalue weighted by Gasteiger charge is 2.22. The molecule has 2 rings (SSSR count). The smallest absolute Gasteiger partial charge is 0.338 e. The molecule has 0 saturated carbocycles. The highest BCUT2D eigenvalue weighted by atomic mass is 16.6. The number of rotatable bonds is 5. The van der Waals surface area contributed by atoms with Gasteiger partial charge in [0.05, 0.1) is 11.7 Å². The van der Waals surface area contributed by atoms with Crippen LogP contribution in [0.4, 0.5) is 0 Å². The van der Waals surface area contributed by atoms with Crippen molar-refractivity contribution in [3.8, 4) is 0 Å². The molecule has 1 unspecified atom stereocenters. The highest BCUT2D eigenvalue weighted by molar-refractivity contribution is 5.89. The molecule has 0 aromatic heterocycles. The fourth-order valence-electron chi connectivity index (χ4n) is 2.77. The molecule has 0 aliphatic carbocycles. The predicted molar refractivity (Wildman–Crippen MR) is 83.8 cm³/mol. The number of aryl methyl sites for hydroxylation is 1. The van der Waals surface area contributed by atoms with E-state index in [-0.39, 0.29) is 17.5 Å². The molecule has 1 aliphatic rings. The van der Waals surface area contributed by atoms with Crippen molar-refractivity contribution in [3.05, 3.63) is 34.9 Å². The van der Waals surface area contributed by atoms with Crippen molar-refractivity contribution in [1.29, 1.82) is 0 Å². The summed E-state index contributed by atoms with van der Waals surface area (Å²) in [5.74, 6) is -0.255. The number of carbonyl (C=O) groups excluding carboxylic acids is 1. The maximum absolute atomic E-state index is 12.1. The van der Waals surface area contributed by atoms with Crippen LogP contribution in [0.25, 0.3) is 0 Å². The largest absolute Gasteiger partial charge is 0.459 e. The van der Waals surface area contributed by atoms with E-state index in [9.17, 15) is 4.79 Å². The summed E-state index contributed by atoms with van der Waals surface area (Å²) in [4.78, 5) is 12.1. The third-order valence-electron chi connectivity index (χ3n) is 4.50. The van der Waals surface area contributed by atoms with E-state index in [1.165, 1.54) is 5.56 Å². The predicted octanol–water partition coefficient (Wildman–Crippen LogP) is 4.02. The number of ether oxygens (including phenoxy) is 2. The Balaban J connectivity index is 2.03. The van der Waals surface area contributed by atoms with E-state index in [0.29, 0.717) is 12.2 Å². The standard InChI is InChI=1S/C18H26O3/c1-5-18(3,4)16-9-8-14(11-13(16)2)17(19)21-12-15-7-6-10-20-15/h8-9,11,15H,5-7,10,12H2,1-4H3. The molecule has 0 amide bonds. The highest BCUT2D eigenvalue weighted by Crippen LogP contribution is 2.30. The fraction of sp³-hybridized carbons (Fsp3) is 0.611. The van der Waals surface area contributed by atoms with Crippen LogP contribution in [0.2, 0.25) is 0 Å². The van der Waals surface area contributed by atoms with E-state index >= 15 is 0 Å². The van der Waals surface area contributed by atoms with Gasteiger partial charge in [0.1, 0.15) is 6.61 Å². The molecule has 1 aliphatic heterocycles. The average molecular weight is 290 g/mol. The summed E-state index contributed by atoms with van der Waals surface area (Å²) in [6, 6.07) is 5.86. The molecule has 1 heterocycles. The number of hydrogen-bond acceptors (Lipinski definition) is 3. The van der Waals surface area contributed by atoms with Crippen molar-refractivity contribution in [2.24, 2.45) is 0 Å². The van der Waals surface area contributed by atoms with Gasteiger partial charge in [0.15, 0.2) is 0 Å². The van der Waals surface area contributed by atoms with Gasteiger partial charge in [0.2, 0.25) is 0 Å². The monoisotopic (exact) mass is 290 g/mol. The van der Waals surface area contributed by atoms with Crippen LogP contribution in [0.3, 0.4) is 0 Å². The van der Waals surface area contributed by atoms with Crippen molar-refractivity contribution in [2.45, 2.75) is 58.5 Å². The van der Waals surface area contributed by atoms with Gasteiger partial charge in [0.25, 0.3) is 0 Å². The molecule has 0 N–H and O–H groups in total. The molecule has 1 fully saturated rings. The first-order valence-electron chi connectivity index (χ1n) is 7.84. The first-order chi connectivity index (χ1) is 9.94. The van der Waals surface area contributed by atoms with Gasteiger partial charge in [-0.1, -0.05) is 26.8 Å². The lowest BCUT2D eigenvalue weighted by molar-refractivity contribution is 0.0161. The second kappa shape index (κ2) is 6.61. The van der Waals surface area contributed by atoms with Crippen molar-refractivity contribution < 1.29 is 14.3 Å². The van der Waals surface area contributed by atoms with Crippen LogP contribution in [-0.2, 0) is 14.9 Å². The zero-order valence-corrected chi connectivity index (χ0v) is 13.6. The second-order valence-electron chi connectivity index (χ2n) is 6.50. The quantitative estimate of drug-likeness (QED) is 0.768. The Labute approximate surface area is 127 Å². The summed E-state index contributed by atoms with van der Waals surface area (Å²) in [6.45, 7) is 9.84. The Morgan fingerprint density at radius 3 is 2.76 bits per heavy atom. The third kappa shape index (κ3) is 3.85. The summed E-state index contributed by atoms with van der Waals surface area (Å²) in [5.41, 5.74) is 3.19. The molecule has 21 heavy (non-hydrogen) atoms. The minimum absolute atomic E-state index is 0.0772. The van der Waals surface area contributed by atoms with Crippen molar-refractivity contribution in [3.63, 3.8) is 0 Å². The molecule has 0 radical (unpaired) electrons. The molecule has 3 heteroatoms. The summed E-state index contributed by atoms with van der Waals surface area (Å²) in [5, 5.41) is 0. The van der Waals surface area contributed by atoms with E-state index in [2.05, 4.69) is 33.8 Å². The Kier molecular flexibility index (Phi) is 5.04. The SMILES string of the molecule is CCC(C)(C)c1ccc(C(=O)OCC2CCCO2)cc1C. The number of benzene rings is 1. The molecule has 1 saturated heterocycles. The summed E-state index contributed by atoms with van der Waals surface area (Å²) < 4.78 is 10.8. The van der Waals surface area contributed by atoms with Crippen molar-refractivity contribution in [2.75, 3.05) is 13.2 Å². The zero-order valence-electron chi connectivity index (χ0n) is 13.6. The molecule has 1 aromatic rings. The Morgan fingerprint density at radius 2 is 2.19 bits per heavy atom. The molecular weight excluding hydrogens is 264 g/mol. The van der Waals surface area contributed by atoms with Crippen LogP contribution in [0.5, 0.6) is 0 Å². The fourth-order valence-corrected chi connectivity index (χ4v) is 2.77. The van der Waals surface area contributed by atoms with Gasteiger partial charge in [-0.3, -0.25) is 0 Å².